The maximum absolute atomic E-state index is 5.50. The van der Waals surface area contributed by atoms with Crippen molar-refractivity contribution in [2.45, 2.75) is 33.7 Å². The summed E-state index contributed by atoms with van der Waals surface area (Å²) in [6.07, 6.45) is 1.73. The molecule has 0 aliphatic carbocycles. The van der Waals surface area contributed by atoms with Gasteiger partial charge in [-0.15, -0.1) is 0 Å². The lowest BCUT2D eigenvalue weighted by Gasteiger charge is -2.13. The van der Waals surface area contributed by atoms with Gasteiger partial charge in [-0.2, -0.15) is 0 Å². The fraction of sp³-hybridized carbons (Fsp3) is 0.692. The minimum absolute atomic E-state index is 0.248. The van der Waals surface area contributed by atoms with Gasteiger partial charge in [0.15, 0.2) is 0 Å². The van der Waals surface area contributed by atoms with Crippen molar-refractivity contribution in [3.05, 3.63) is 23.7 Å². The van der Waals surface area contributed by atoms with E-state index in [9.17, 15) is 0 Å². The van der Waals surface area contributed by atoms with Gasteiger partial charge in [0.2, 0.25) is 0 Å². The van der Waals surface area contributed by atoms with E-state index >= 15 is 0 Å². The number of aryl methyl sites for hydroxylation is 1. The van der Waals surface area contributed by atoms with Crippen molar-refractivity contribution in [3.63, 3.8) is 0 Å². The van der Waals surface area contributed by atoms with E-state index in [4.69, 9.17) is 9.15 Å². The zero-order valence-electron chi connectivity index (χ0n) is 10.7. The molecule has 3 nitrogen and oxygen atoms in total. The van der Waals surface area contributed by atoms with Crippen molar-refractivity contribution in [1.29, 1.82) is 0 Å². The van der Waals surface area contributed by atoms with E-state index in [-0.39, 0.29) is 6.04 Å². The molecule has 1 unspecified atom stereocenters. The van der Waals surface area contributed by atoms with Crippen molar-refractivity contribution in [2.75, 3.05) is 19.8 Å². The molecule has 0 amide bonds. The molecule has 0 aromatic carbocycles. The highest BCUT2D eigenvalue weighted by Crippen LogP contribution is 2.17. The Morgan fingerprint density at radius 2 is 2.12 bits per heavy atom. The van der Waals surface area contributed by atoms with Gasteiger partial charge in [0.25, 0.3) is 0 Å². The molecule has 1 aromatic rings. The molecular formula is C13H23NO2. The second kappa shape index (κ2) is 6.71. The van der Waals surface area contributed by atoms with Crippen LogP contribution in [-0.4, -0.2) is 19.8 Å². The van der Waals surface area contributed by atoms with E-state index in [1.807, 2.05) is 6.07 Å². The van der Waals surface area contributed by atoms with Gasteiger partial charge in [0.05, 0.1) is 18.9 Å². The van der Waals surface area contributed by atoms with Gasteiger partial charge in [-0.1, -0.05) is 13.8 Å². The maximum atomic E-state index is 5.50. The molecule has 1 aromatic heterocycles. The third-order valence-corrected chi connectivity index (χ3v) is 2.44. The average Bonchev–Trinajstić information content (AvgIpc) is 2.63. The van der Waals surface area contributed by atoms with Gasteiger partial charge in [0, 0.05) is 13.2 Å². The van der Waals surface area contributed by atoms with E-state index in [2.05, 4.69) is 33.0 Å². The fourth-order valence-corrected chi connectivity index (χ4v) is 1.59. The molecule has 92 valence electrons. The Hall–Kier alpha value is -0.800. The van der Waals surface area contributed by atoms with Crippen LogP contribution in [-0.2, 0) is 4.74 Å². The molecule has 1 N–H and O–H groups in total. The lowest BCUT2D eigenvalue weighted by molar-refractivity contribution is 0.110. The van der Waals surface area contributed by atoms with Crippen LogP contribution in [0.5, 0.6) is 0 Å². The Morgan fingerprint density at radius 1 is 1.38 bits per heavy atom. The van der Waals surface area contributed by atoms with Crippen molar-refractivity contribution >= 4 is 0 Å². The number of furan rings is 1. The number of rotatable bonds is 7. The van der Waals surface area contributed by atoms with Gasteiger partial charge >= 0.3 is 0 Å². The highest BCUT2D eigenvalue weighted by molar-refractivity contribution is 5.17. The summed E-state index contributed by atoms with van der Waals surface area (Å²) in [4.78, 5) is 0. The highest BCUT2D eigenvalue weighted by atomic mass is 16.5. The van der Waals surface area contributed by atoms with Gasteiger partial charge in [-0.3, -0.25) is 0 Å². The molecule has 16 heavy (non-hydrogen) atoms. The molecule has 0 radical (unpaired) electrons. The summed E-state index contributed by atoms with van der Waals surface area (Å²) in [5.74, 6) is 1.62. The van der Waals surface area contributed by atoms with Crippen LogP contribution in [0.1, 0.15) is 38.1 Å². The molecule has 0 aliphatic rings. The summed E-state index contributed by atoms with van der Waals surface area (Å²) in [7, 11) is 0. The van der Waals surface area contributed by atoms with Crippen LogP contribution in [0, 0.1) is 12.8 Å². The molecule has 0 saturated heterocycles. The Bertz CT molecular complexity index is 294. The molecule has 0 spiro atoms. The van der Waals surface area contributed by atoms with Crippen molar-refractivity contribution in [2.24, 2.45) is 5.92 Å². The second-order valence-electron chi connectivity index (χ2n) is 4.61. The van der Waals surface area contributed by atoms with Crippen LogP contribution in [0.4, 0.5) is 0 Å². The first kappa shape index (κ1) is 13.3. The van der Waals surface area contributed by atoms with Crippen molar-refractivity contribution < 1.29 is 9.15 Å². The summed E-state index contributed by atoms with van der Waals surface area (Å²) in [5.41, 5.74) is 1.20. The number of hydrogen-bond acceptors (Lipinski definition) is 3. The normalized spacial score (nSPS) is 13.3. The fourth-order valence-electron chi connectivity index (χ4n) is 1.59. The smallest absolute Gasteiger partial charge is 0.123 e. The molecule has 0 saturated carbocycles. The summed E-state index contributed by atoms with van der Waals surface area (Å²) in [6, 6.07) is 2.24. The first-order chi connectivity index (χ1) is 7.61. The van der Waals surface area contributed by atoms with Crippen LogP contribution in [0.2, 0.25) is 0 Å². The van der Waals surface area contributed by atoms with Crippen molar-refractivity contribution in [1.82, 2.24) is 5.32 Å². The molecule has 0 bridgehead atoms. The number of nitrogens with one attached hydrogen (secondary N) is 1. The number of ether oxygens (including phenoxy) is 1. The summed E-state index contributed by atoms with van der Waals surface area (Å²) in [6.45, 7) is 10.9. The zero-order chi connectivity index (χ0) is 12.0. The van der Waals surface area contributed by atoms with Gasteiger partial charge in [-0.25, -0.2) is 0 Å². The molecule has 3 heteroatoms. The highest BCUT2D eigenvalue weighted by Gasteiger charge is 2.10. The third-order valence-electron chi connectivity index (χ3n) is 2.44. The predicted molar refractivity (Wildman–Crippen MR) is 65.5 cm³/mol. The second-order valence-corrected chi connectivity index (χ2v) is 4.61. The average molecular weight is 225 g/mol. The van der Waals surface area contributed by atoms with E-state index in [0.29, 0.717) is 5.92 Å². The van der Waals surface area contributed by atoms with E-state index in [1.54, 1.807) is 6.26 Å². The standard InChI is InChI=1S/C13H23NO2/c1-10(2)9-15-8-6-14-12(4)13-11(3)5-7-16-13/h5,7,10,12,14H,6,8-9H2,1-4H3. The Labute approximate surface area is 98.2 Å². The van der Waals surface area contributed by atoms with Crippen LogP contribution >= 0.6 is 0 Å². The molecular weight excluding hydrogens is 202 g/mol. The minimum atomic E-state index is 0.248. The van der Waals surface area contributed by atoms with Gasteiger partial charge in [-0.05, 0) is 31.4 Å². The quantitative estimate of drug-likeness (QED) is 0.724. The Balaban J connectivity index is 2.16. The van der Waals surface area contributed by atoms with Gasteiger partial charge < -0.3 is 14.5 Å². The van der Waals surface area contributed by atoms with Gasteiger partial charge in [0.1, 0.15) is 5.76 Å². The molecule has 0 aliphatic heterocycles. The summed E-state index contributed by atoms with van der Waals surface area (Å²) >= 11 is 0. The largest absolute Gasteiger partial charge is 0.467 e. The van der Waals surface area contributed by atoms with Crippen molar-refractivity contribution in [3.8, 4) is 0 Å². The Morgan fingerprint density at radius 3 is 2.69 bits per heavy atom. The molecule has 1 heterocycles. The predicted octanol–water partition coefficient (Wildman–Crippen LogP) is 2.91. The molecule has 1 atom stereocenters. The van der Waals surface area contributed by atoms with Crippen LogP contribution in [0.15, 0.2) is 16.7 Å². The molecule has 0 fully saturated rings. The summed E-state index contributed by atoms with van der Waals surface area (Å²) in [5, 5.41) is 3.38. The lowest BCUT2D eigenvalue weighted by Crippen LogP contribution is -2.24. The maximum Gasteiger partial charge on any atom is 0.123 e. The SMILES string of the molecule is Cc1ccoc1C(C)NCCOCC(C)C. The monoisotopic (exact) mass is 225 g/mol. The van der Waals surface area contributed by atoms with E-state index < -0.39 is 0 Å². The zero-order valence-corrected chi connectivity index (χ0v) is 10.7. The summed E-state index contributed by atoms with van der Waals surface area (Å²) < 4.78 is 10.9. The van der Waals surface area contributed by atoms with Crippen LogP contribution < -0.4 is 5.32 Å². The van der Waals surface area contributed by atoms with E-state index in [1.165, 1.54) is 5.56 Å². The molecule has 1 rings (SSSR count). The lowest BCUT2D eigenvalue weighted by atomic mass is 10.2. The van der Waals surface area contributed by atoms with Crippen LogP contribution in [0.3, 0.4) is 0 Å². The van der Waals surface area contributed by atoms with E-state index in [0.717, 1.165) is 25.5 Å². The minimum Gasteiger partial charge on any atom is -0.467 e. The first-order valence-corrected chi connectivity index (χ1v) is 5.96. The third kappa shape index (κ3) is 4.37. The number of hydrogen-bond donors (Lipinski definition) is 1. The first-order valence-electron chi connectivity index (χ1n) is 5.96. The Kier molecular flexibility index (Phi) is 5.56. The topological polar surface area (TPSA) is 34.4 Å². The van der Waals surface area contributed by atoms with Crippen LogP contribution in [0.25, 0.3) is 0 Å².